The van der Waals surface area contributed by atoms with E-state index in [1.165, 1.54) is 0 Å². The molecule has 1 aromatic carbocycles. The van der Waals surface area contributed by atoms with E-state index in [4.69, 9.17) is 27.9 Å². The third-order valence-corrected chi connectivity index (χ3v) is 5.38. The molecule has 1 atom stereocenters. The van der Waals surface area contributed by atoms with E-state index in [2.05, 4.69) is 15.5 Å². The average molecular weight is 345 g/mol. The zero-order valence-electron chi connectivity index (χ0n) is 11.6. The van der Waals surface area contributed by atoms with Gasteiger partial charge in [-0.25, -0.2) is 0 Å². The maximum Gasteiger partial charge on any atom is 0.214 e. The number of ether oxygens (including phenoxy) is 1. The quantitative estimate of drug-likeness (QED) is 0.615. The van der Waals surface area contributed by atoms with Crippen molar-refractivity contribution in [1.29, 1.82) is 0 Å². The van der Waals surface area contributed by atoms with Crippen LogP contribution in [0.4, 0.5) is 0 Å². The van der Waals surface area contributed by atoms with Gasteiger partial charge in [0, 0.05) is 11.7 Å². The molecule has 1 aliphatic rings. The summed E-state index contributed by atoms with van der Waals surface area (Å²) < 4.78 is 6.49. The summed E-state index contributed by atoms with van der Waals surface area (Å²) in [7, 11) is 1.63. The number of rotatable bonds is 5. The Kier molecular flexibility index (Phi) is 4.03. The standard InChI is InChI=1S/C13H14Cl2N4OS/c1-8-3-4-11(20-2)10(5-8)19-12(16-17-18-19)21-7-9-6-13(9,14)15/h3-5,9H,6-7H2,1-2H3. The van der Waals surface area contributed by atoms with Crippen LogP contribution in [0.3, 0.4) is 0 Å². The molecular formula is C13H14Cl2N4OS. The van der Waals surface area contributed by atoms with Gasteiger partial charge in [-0.15, -0.1) is 28.3 Å². The minimum absolute atomic E-state index is 0.287. The van der Waals surface area contributed by atoms with Crippen LogP contribution in [0.1, 0.15) is 12.0 Å². The number of aryl methyl sites for hydroxylation is 1. The number of thioether (sulfide) groups is 1. The minimum Gasteiger partial charge on any atom is -0.494 e. The molecular weight excluding hydrogens is 331 g/mol. The first-order valence-electron chi connectivity index (χ1n) is 6.45. The van der Waals surface area contributed by atoms with Crippen molar-refractivity contribution in [3.05, 3.63) is 23.8 Å². The number of tetrazole rings is 1. The summed E-state index contributed by atoms with van der Waals surface area (Å²) in [5.74, 6) is 1.81. The summed E-state index contributed by atoms with van der Waals surface area (Å²) >= 11 is 13.6. The van der Waals surface area contributed by atoms with Crippen molar-refractivity contribution in [1.82, 2.24) is 20.2 Å². The minimum atomic E-state index is -0.577. The van der Waals surface area contributed by atoms with E-state index in [0.717, 1.165) is 29.2 Å². The summed E-state index contributed by atoms with van der Waals surface area (Å²) in [5.41, 5.74) is 1.93. The van der Waals surface area contributed by atoms with E-state index in [-0.39, 0.29) is 5.92 Å². The molecule has 0 N–H and O–H groups in total. The number of alkyl halides is 2. The number of nitrogens with zero attached hydrogens (tertiary/aromatic N) is 4. The summed E-state index contributed by atoms with van der Waals surface area (Å²) in [6, 6.07) is 5.88. The van der Waals surface area contributed by atoms with E-state index in [9.17, 15) is 0 Å². The highest BCUT2D eigenvalue weighted by Gasteiger charge is 2.51. The van der Waals surface area contributed by atoms with Gasteiger partial charge in [-0.3, -0.25) is 0 Å². The first-order valence-corrected chi connectivity index (χ1v) is 8.19. The Morgan fingerprint density at radius 3 is 2.90 bits per heavy atom. The average Bonchev–Trinajstić information content (AvgIpc) is 2.87. The number of aromatic nitrogens is 4. The van der Waals surface area contributed by atoms with E-state index >= 15 is 0 Å². The molecule has 8 heteroatoms. The fourth-order valence-corrected chi connectivity index (χ4v) is 3.83. The first kappa shape index (κ1) is 14.9. The van der Waals surface area contributed by atoms with E-state index in [0.29, 0.717) is 5.16 Å². The highest BCUT2D eigenvalue weighted by Crippen LogP contribution is 2.54. The van der Waals surface area contributed by atoms with Crippen molar-refractivity contribution in [3.63, 3.8) is 0 Å². The Bertz CT molecular complexity index is 661. The second kappa shape index (κ2) is 5.66. The molecule has 0 bridgehead atoms. The van der Waals surface area contributed by atoms with Crippen LogP contribution in [-0.2, 0) is 0 Å². The van der Waals surface area contributed by atoms with Gasteiger partial charge in [0.05, 0.1) is 7.11 Å². The summed E-state index contributed by atoms with van der Waals surface area (Å²) in [6.45, 7) is 2.01. The van der Waals surface area contributed by atoms with Crippen molar-refractivity contribution >= 4 is 35.0 Å². The fourth-order valence-electron chi connectivity index (χ4n) is 2.01. The van der Waals surface area contributed by atoms with Crippen molar-refractivity contribution in [2.75, 3.05) is 12.9 Å². The molecule has 0 amide bonds. The number of halogens is 2. The Balaban J connectivity index is 1.83. The summed E-state index contributed by atoms with van der Waals surface area (Å²) in [4.78, 5) is 0. The predicted octanol–water partition coefficient (Wildman–Crippen LogP) is 3.27. The molecule has 0 radical (unpaired) electrons. The van der Waals surface area contributed by atoms with E-state index in [1.807, 2.05) is 25.1 Å². The Labute approximate surface area is 136 Å². The van der Waals surface area contributed by atoms with Gasteiger partial charge in [-0.2, -0.15) is 4.68 Å². The second-order valence-electron chi connectivity index (χ2n) is 5.02. The molecule has 21 heavy (non-hydrogen) atoms. The molecule has 1 aliphatic carbocycles. The molecule has 1 unspecified atom stereocenters. The molecule has 1 heterocycles. The molecule has 0 spiro atoms. The molecule has 2 aromatic rings. The summed E-state index contributed by atoms with van der Waals surface area (Å²) in [6.07, 6.45) is 0.818. The summed E-state index contributed by atoms with van der Waals surface area (Å²) in [5, 5.41) is 12.6. The Morgan fingerprint density at radius 2 is 2.24 bits per heavy atom. The van der Waals surface area contributed by atoms with Crippen LogP contribution in [0.2, 0.25) is 0 Å². The third kappa shape index (κ3) is 3.12. The smallest absolute Gasteiger partial charge is 0.214 e. The van der Waals surface area contributed by atoms with Crippen molar-refractivity contribution in [2.45, 2.75) is 22.8 Å². The molecule has 112 valence electrons. The van der Waals surface area contributed by atoms with Gasteiger partial charge in [-0.1, -0.05) is 17.8 Å². The molecule has 0 saturated heterocycles. The third-order valence-electron chi connectivity index (χ3n) is 3.37. The lowest BCUT2D eigenvalue weighted by molar-refractivity contribution is 0.410. The van der Waals surface area contributed by atoms with Gasteiger partial charge in [0.15, 0.2) is 0 Å². The Hall–Kier alpha value is -0.980. The topological polar surface area (TPSA) is 52.8 Å². The van der Waals surface area contributed by atoms with Gasteiger partial charge in [-0.05, 0) is 41.5 Å². The second-order valence-corrected chi connectivity index (χ2v) is 7.55. The largest absolute Gasteiger partial charge is 0.494 e. The van der Waals surface area contributed by atoms with Crippen molar-refractivity contribution in [3.8, 4) is 11.4 Å². The fraction of sp³-hybridized carbons (Fsp3) is 0.462. The monoisotopic (exact) mass is 344 g/mol. The molecule has 1 fully saturated rings. The van der Waals surface area contributed by atoms with Crippen LogP contribution in [0.5, 0.6) is 5.75 Å². The maximum absolute atomic E-state index is 6.05. The lowest BCUT2D eigenvalue weighted by Crippen LogP contribution is -2.03. The van der Waals surface area contributed by atoms with E-state index in [1.54, 1.807) is 23.6 Å². The van der Waals surface area contributed by atoms with E-state index < -0.39 is 4.33 Å². The van der Waals surface area contributed by atoms with Gasteiger partial charge < -0.3 is 4.74 Å². The van der Waals surface area contributed by atoms with Crippen LogP contribution in [0.15, 0.2) is 23.4 Å². The zero-order valence-corrected chi connectivity index (χ0v) is 13.9. The van der Waals surface area contributed by atoms with Crippen LogP contribution in [0.25, 0.3) is 5.69 Å². The first-order chi connectivity index (χ1) is 10.0. The molecule has 3 rings (SSSR count). The highest BCUT2D eigenvalue weighted by atomic mass is 35.5. The molecule has 1 saturated carbocycles. The lowest BCUT2D eigenvalue weighted by Gasteiger charge is -2.10. The van der Waals surface area contributed by atoms with Crippen LogP contribution < -0.4 is 4.74 Å². The number of hydrogen-bond donors (Lipinski definition) is 0. The Morgan fingerprint density at radius 1 is 1.48 bits per heavy atom. The SMILES string of the molecule is COc1ccc(C)cc1-n1nnnc1SCC1CC1(Cl)Cl. The van der Waals surface area contributed by atoms with Gasteiger partial charge >= 0.3 is 0 Å². The number of methoxy groups -OCH3 is 1. The normalized spacial score (nSPS) is 19.5. The van der Waals surface area contributed by atoms with Gasteiger partial charge in [0.25, 0.3) is 0 Å². The van der Waals surface area contributed by atoms with Crippen molar-refractivity contribution < 1.29 is 4.74 Å². The number of benzene rings is 1. The molecule has 1 aromatic heterocycles. The predicted molar refractivity (Wildman–Crippen MR) is 83.7 cm³/mol. The number of hydrogen-bond acceptors (Lipinski definition) is 5. The maximum atomic E-state index is 6.05. The van der Waals surface area contributed by atoms with Crippen LogP contribution >= 0.6 is 35.0 Å². The van der Waals surface area contributed by atoms with Gasteiger partial charge in [0.1, 0.15) is 15.8 Å². The molecule has 0 aliphatic heterocycles. The van der Waals surface area contributed by atoms with Crippen molar-refractivity contribution in [2.24, 2.45) is 5.92 Å². The van der Waals surface area contributed by atoms with Crippen LogP contribution in [-0.4, -0.2) is 37.4 Å². The zero-order chi connectivity index (χ0) is 15.0. The van der Waals surface area contributed by atoms with Crippen LogP contribution in [0, 0.1) is 12.8 Å². The van der Waals surface area contributed by atoms with Gasteiger partial charge in [0.2, 0.25) is 5.16 Å². The highest BCUT2D eigenvalue weighted by molar-refractivity contribution is 7.99. The molecule has 5 nitrogen and oxygen atoms in total. The lowest BCUT2D eigenvalue weighted by atomic mass is 10.2.